The van der Waals surface area contributed by atoms with Crippen molar-refractivity contribution < 1.29 is 14.5 Å². The van der Waals surface area contributed by atoms with Crippen LogP contribution in [0.2, 0.25) is 0 Å². The molecule has 0 saturated heterocycles. The van der Waals surface area contributed by atoms with Gasteiger partial charge in [-0.2, -0.15) is 5.10 Å². The standard InChI is InChI=1S/C15H15N3O4/c1-22-15(19)13-7-12(18(20)21)5-6-14(13)17-9-11(8-16-17)10-3-2-4-10/h5-10H,2-4H2,1H3. The second-order valence-electron chi connectivity index (χ2n) is 5.30. The summed E-state index contributed by atoms with van der Waals surface area (Å²) >= 11 is 0. The largest absolute Gasteiger partial charge is 0.465 e. The Morgan fingerprint density at radius 1 is 1.45 bits per heavy atom. The summed E-state index contributed by atoms with van der Waals surface area (Å²) in [6, 6.07) is 4.08. The molecule has 7 heteroatoms. The van der Waals surface area contributed by atoms with Crippen LogP contribution in [-0.2, 0) is 4.74 Å². The van der Waals surface area contributed by atoms with Crippen molar-refractivity contribution in [1.29, 1.82) is 0 Å². The molecule has 1 heterocycles. The van der Waals surface area contributed by atoms with Crippen molar-refractivity contribution >= 4 is 11.7 Å². The molecule has 0 N–H and O–H groups in total. The lowest BCUT2D eigenvalue weighted by molar-refractivity contribution is -0.384. The second-order valence-corrected chi connectivity index (χ2v) is 5.30. The molecule has 0 atom stereocenters. The van der Waals surface area contributed by atoms with E-state index in [1.807, 2.05) is 6.20 Å². The van der Waals surface area contributed by atoms with Gasteiger partial charge in [0.15, 0.2) is 0 Å². The van der Waals surface area contributed by atoms with E-state index in [1.54, 1.807) is 10.9 Å². The first kappa shape index (κ1) is 14.2. The Bertz CT molecular complexity index is 734. The zero-order valence-corrected chi connectivity index (χ0v) is 12.1. The molecule has 1 aromatic carbocycles. The van der Waals surface area contributed by atoms with Crippen LogP contribution in [0.15, 0.2) is 30.6 Å². The smallest absolute Gasteiger partial charge is 0.340 e. The number of rotatable bonds is 4. The summed E-state index contributed by atoms with van der Waals surface area (Å²) in [6.07, 6.45) is 7.18. The minimum Gasteiger partial charge on any atom is -0.465 e. The lowest BCUT2D eigenvalue weighted by Crippen LogP contribution is -2.10. The van der Waals surface area contributed by atoms with Gasteiger partial charge in [0.2, 0.25) is 0 Å². The topological polar surface area (TPSA) is 87.3 Å². The molecule has 7 nitrogen and oxygen atoms in total. The zero-order chi connectivity index (χ0) is 15.7. The van der Waals surface area contributed by atoms with E-state index in [1.165, 1.54) is 31.7 Å². The van der Waals surface area contributed by atoms with Crippen LogP contribution < -0.4 is 0 Å². The number of non-ortho nitro benzene ring substituents is 1. The Balaban J connectivity index is 2.03. The van der Waals surface area contributed by atoms with Crippen molar-refractivity contribution in [2.45, 2.75) is 25.2 Å². The molecule has 3 rings (SSSR count). The normalized spacial score (nSPS) is 14.4. The van der Waals surface area contributed by atoms with Crippen LogP contribution in [-0.4, -0.2) is 27.8 Å². The summed E-state index contributed by atoms with van der Waals surface area (Å²) in [7, 11) is 1.24. The number of ether oxygens (including phenoxy) is 1. The molecular weight excluding hydrogens is 286 g/mol. The molecule has 2 aromatic rings. The Morgan fingerprint density at radius 3 is 2.82 bits per heavy atom. The second kappa shape index (κ2) is 5.59. The summed E-state index contributed by atoms with van der Waals surface area (Å²) in [6.45, 7) is 0. The van der Waals surface area contributed by atoms with Gasteiger partial charge >= 0.3 is 5.97 Å². The van der Waals surface area contributed by atoms with Crippen molar-refractivity contribution in [3.8, 4) is 5.69 Å². The highest BCUT2D eigenvalue weighted by molar-refractivity contribution is 5.94. The van der Waals surface area contributed by atoms with Crippen molar-refractivity contribution in [3.63, 3.8) is 0 Å². The van der Waals surface area contributed by atoms with Crippen molar-refractivity contribution in [1.82, 2.24) is 9.78 Å². The minimum absolute atomic E-state index is 0.125. The van der Waals surface area contributed by atoms with E-state index >= 15 is 0 Å². The predicted octanol–water partition coefficient (Wildman–Crippen LogP) is 2.83. The lowest BCUT2D eigenvalue weighted by Gasteiger charge is -2.23. The molecular formula is C15H15N3O4. The zero-order valence-electron chi connectivity index (χ0n) is 12.1. The highest BCUT2D eigenvalue weighted by atomic mass is 16.6. The van der Waals surface area contributed by atoms with Crippen LogP contribution >= 0.6 is 0 Å². The van der Waals surface area contributed by atoms with Gasteiger partial charge in [-0.1, -0.05) is 6.42 Å². The third-order valence-corrected chi connectivity index (χ3v) is 4.02. The number of carbonyl (C=O) groups excluding carboxylic acids is 1. The quantitative estimate of drug-likeness (QED) is 0.492. The Morgan fingerprint density at radius 2 is 2.23 bits per heavy atom. The molecule has 0 aliphatic heterocycles. The van der Waals surface area contributed by atoms with Crippen LogP contribution in [0.3, 0.4) is 0 Å². The van der Waals surface area contributed by atoms with Crippen LogP contribution in [0.1, 0.15) is 41.1 Å². The number of carbonyl (C=O) groups is 1. The third kappa shape index (κ3) is 2.45. The fraction of sp³-hybridized carbons (Fsp3) is 0.333. The number of methoxy groups -OCH3 is 1. The fourth-order valence-electron chi connectivity index (χ4n) is 2.53. The van der Waals surface area contributed by atoms with Crippen molar-refractivity contribution in [2.75, 3.05) is 7.11 Å². The Labute approximate surface area is 126 Å². The van der Waals surface area contributed by atoms with Crippen LogP contribution in [0, 0.1) is 10.1 Å². The Kier molecular flexibility index (Phi) is 3.62. The van der Waals surface area contributed by atoms with Gasteiger partial charge in [0.05, 0.1) is 29.5 Å². The molecule has 0 radical (unpaired) electrons. The highest BCUT2D eigenvalue weighted by Crippen LogP contribution is 2.36. The molecule has 114 valence electrons. The fourth-order valence-corrected chi connectivity index (χ4v) is 2.53. The van der Waals surface area contributed by atoms with Gasteiger partial charge in [-0.3, -0.25) is 10.1 Å². The number of esters is 1. The van der Waals surface area contributed by atoms with E-state index in [0.717, 1.165) is 18.4 Å². The van der Waals surface area contributed by atoms with E-state index in [0.29, 0.717) is 11.6 Å². The van der Waals surface area contributed by atoms with Crippen LogP contribution in [0.5, 0.6) is 0 Å². The molecule has 0 unspecified atom stereocenters. The van der Waals surface area contributed by atoms with Crippen molar-refractivity contribution in [2.24, 2.45) is 0 Å². The molecule has 1 fully saturated rings. The first-order valence-electron chi connectivity index (χ1n) is 7.02. The van der Waals surface area contributed by atoms with Gasteiger partial charge in [-0.15, -0.1) is 0 Å². The van der Waals surface area contributed by atoms with Crippen LogP contribution in [0.25, 0.3) is 5.69 Å². The molecule has 0 spiro atoms. The molecule has 1 aliphatic carbocycles. The summed E-state index contributed by atoms with van der Waals surface area (Å²) in [5.41, 5.74) is 1.57. The highest BCUT2D eigenvalue weighted by Gasteiger charge is 2.23. The number of nitro benzene ring substituents is 1. The number of hydrogen-bond acceptors (Lipinski definition) is 5. The average molecular weight is 301 g/mol. The number of nitro groups is 1. The first-order valence-corrected chi connectivity index (χ1v) is 7.02. The van der Waals surface area contributed by atoms with E-state index < -0.39 is 10.9 Å². The van der Waals surface area contributed by atoms with E-state index in [4.69, 9.17) is 4.74 Å². The number of nitrogens with zero attached hydrogens (tertiary/aromatic N) is 3. The predicted molar refractivity (Wildman–Crippen MR) is 78.1 cm³/mol. The maximum atomic E-state index is 11.9. The van der Waals surface area contributed by atoms with Gasteiger partial charge in [0.25, 0.3) is 5.69 Å². The maximum Gasteiger partial charge on any atom is 0.340 e. The number of aromatic nitrogens is 2. The molecule has 1 saturated carbocycles. The Hall–Kier alpha value is -2.70. The van der Waals surface area contributed by atoms with Crippen LogP contribution in [0.4, 0.5) is 5.69 Å². The van der Waals surface area contributed by atoms with Gasteiger partial charge in [-0.05, 0) is 30.4 Å². The summed E-state index contributed by atoms with van der Waals surface area (Å²) < 4.78 is 6.29. The summed E-state index contributed by atoms with van der Waals surface area (Å²) in [5, 5.41) is 15.2. The molecule has 1 aliphatic rings. The first-order chi connectivity index (χ1) is 10.6. The molecule has 22 heavy (non-hydrogen) atoms. The van der Waals surface area contributed by atoms with E-state index in [2.05, 4.69) is 5.10 Å². The number of benzene rings is 1. The van der Waals surface area contributed by atoms with Gasteiger partial charge < -0.3 is 4.74 Å². The summed E-state index contributed by atoms with van der Waals surface area (Å²) in [4.78, 5) is 22.2. The van der Waals surface area contributed by atoms with Crippen molar-refractivity contribution in [3.05, 3.63) is 51.8 Å². The minimum atomic E-state index is -0.626. The van der Waals surface area contributed by atoms with E-state index in [9.17, 15) is 14.9 Å². The van der Waals surface area contributed by atoms with Gasteiger partial charge in [0, 0.05) is 18.3 Å². The SMILES string of the molecule is COC(=O)c1cc([N+](=O)[O-])ccc1-n1cc(C2CCC2)cn1. The average Bonchev–Trinajstić information content (AvgIpc) is 2.93. The van der Waals surface area contributed by atoms with E-state index in [-0.39, 0.29) is 11.3 Å². The molecule has 0 amide bonds. The van der Waals surface area contributed by atoms with Gasteiger partial charge in [-0.25, -0.2) is 9.48 Å². The molecule has 0 bridgehead atoms. The third-order valence-electron chi connectivity index (χ3n) is 4.02. The van der Waals surface area contributed by atoms with Gasteiger partial charge in [0.1, 0.15) is 0 Å². The monoisotopic (exact) mass is 301 g/mol. The maximum absolute atomic E-state index is 11.9. The molecule has 1 aromatic heterocycles. The lowest BCUT2D eigenvalue weighted by atomic mass is 9.81. The summed E-state index contributed by atoms with van der Waals surface area (Å²) in [5.74, 6) is -0.104. The number of hydrogen-bond donors (Lipinski definition) is 0.